The summed E-state index contributed by atoms with van der Waals surface area (Å²) in [7, 11) is -4.09. The molecular weight excluding hydrogens is 567 g/mol. The van der Waals surface area contributed by atoms with Crippen LogP contribution in [0.15, 0.2) is 88.9 Å². The lowest BCUT2D eigenvalue weighted by molar-refractivity contribution is -0.119. The molecule has 0 aliphatic carbocycles. The zero-order valence-electron chi connectivity index (χ0n) is 20.4. The number of carbonyl (C=O) groups excluding carboxylic acids is 1. The number of amides is 1. The number of benzene rings is 3. The lowest BCUT2D eigenvalue weighted by Gasteiger charge is -2.24. The van der Waals surface area contributed by atoms with E-state index in [-0.39, 0.29) is 20.6 Å². The van der Waals surface area contributed by atoms with Crippen LogP contribution in [0.25, 0.3) is 5.69 Å². The van der Waals surface area contributed by atoms with E-state index in [1.807, 2.05) is 48.7 Å². The van der Waals surface area contributed by atoms with Crippen LogP contribution in [-0.4, -0.2) is 31.7 Å². The molecule has 7 nitrogen and oxygen atoms in total. The van der Waals surface area contributed by atoms with E-state index in [0.717, 1.165) is 26.9 Å². The molecule has 196 valence electrons. The van der Waals surface area contributed by atoms with Crippen molar-refractivity contribution < 1.29 is 13.2 Å². The molecule has 1 N–H and O–H groups in total. The summed E-state index contributed by atoms with van der Waals surface area (Å²) in [6, 6.07) is 21.5. The highest BCUT2D eigenvalue weighted by atomic mass is 35.5. The third-order valence-electron chi connectivity index (χ3n) is 5.76. The number of aromatic nitrogens is 1. The summed E-state index contributed by atoms with van der Waals surface area (Å²) in [4.78, 5) is 12.9. The molecule has 11 heteroatoms. The van der Waals surface area contributed by atoms with E-state index < -0.39 is 22.5 Å². The molecular formula is C27H23Cl3N4O3S. The molecule has 0 atom stereocenters. The van der Waals surface area contributed by atoms with Crippen LogP contribution in [0, 0.1) is 13.8 Å². The minimum atomic E-state index is -4.09. The summed E-state index contributed by atoms with van der Waals surface area (Å²) in [5.74, 6) is -0.640. The van der Waals surface area contributed by atoms with Crippen molar-refractivity contribution in [2.24, 2.45) is 5.10 Å². The van der Waals surface area contributed by atoms with Gasteiger partial charge in [-0.25, -0.2) is 13.8 Å². The lowest BCUT2D eigenvalue weighted by atomic mass is 10.2. The third-order valence-corrected chi connectivity index (χ3v) is 8.54. The van der Waals surface area contributed by atoms with E-state index in [0.29, 0.717) is 5.02 Å². The number of anilines is 1. The second-order valence-electron chi connectivity index (χ2n) is 8.35. The highest BCUT2D eigenvalue weighted by molar-refractivity contribution is 7.92. The molecule has 1 heterocycles. The zero-order valence-corrected chi connectivity index (χ0v) is 23.5. The van der Waals surface area contributed by atoms with Gasteiger partial charge in [0.25, 0.3) is 15.9 Å². The molecule has 0 bridgehead atoms. The molecule has 0 aliphatic heterocycles. The number of aryl methyl sites for hydroxylation is 1. The Bertz CT molecular complexity index is 1600. The Morgan fingerprint density at radius 1 is 0.947 bits per heavy atom. The molecule has 0 saturated carbocycles. The molecule has 0 fully saturated rings. The van der Waals surface area contributed by atoms with Crippen molar-refractivity contribution in [3.63, 3.8) is 0 Å². The van der Waals surface area contributed by atoms with Crippen molar-refractivity contribution in [3.8, 4) is 5.69 Å². The number of carbonyl (C=O) groups is 1. The Hall–Kier alpha value is -3.30. The monoisotopic (exact) mass is 588 g/mol. The molecule has 4 aromatic rings. The van der Waals surface area contributed by atoms with Crippen LogP contribution in [-0.2, 0) is 14.8 Å². The van der Waals surface area contributed by atoms with Gasteiger partial charge in [0, 0.05) is 27.7 Å². The Morgan fingerprint density at radius 3 is 2.29 bits per heavy atom. The van der Waals surface area contributed by atoms with Gasteiger partial charge in [0.05, 0.1) is 26.8 Å². The fourth-order valence-corrected chi connectivity index (χ4v) is 5.77. The van der Waals surface area contributed by atoms with Crippen molar-refractivity contribution in [1.82, 2.24) is 9.99 Å². The average molecular weight is 590 g/mol. The van der Waals surface area contributed by atoms with Gasteiger partial charge in [-0.15, -0.1) is 0 Å². The first-order valence-electron chi connectivity index (χ1n) is 11.4. The first-order valence-corrected chi connectivity index (χ1v) is 13.9. The SMILES string of the molecule is Cc1cc(/C=N/NC(=O)CN(c2ccc(Cl)c(Cl)c2)S(=O)(=O)c2ccccc2)c(C)n1-c1ccc(Cl)cc1. The average Bonchev–Trinajstić information content (AvgIpc) is 3.18. The Balaban J connectivity index is 1.56. The quantitative estimate of drug-likeness (QED) is 0.191. The summed E-state index contributed by atoms with van der Waals surface area (Å²) in [6.07, 6.45) is 1.52. The molecule has 1 aromatic heterocycles. The van der Waals surface area contributed by atoms with Gasteiger partial charge >= 0.3 is 0 Å². The summed E-state index contributed by atoms with van der Waals surface area (Å²) < 4.78 is 29.8. The number of hydrogen-bond acceptors (Lipinski definition) is 4. The number of rotatable bonds is 8. The highest BCUT2D eigenvalue weighted by Gasteiger charge is 2.27. The van der Waals surface area contributed by atoms with Crippen molar-refractivity contribution >= 4 is 62.6 Å². The normalized spacial score (nSPS) is 11.6. The standard InChI is InChI=1S/C27H23Cl3N4O3S/c1-18-14-20(19(2)34(18)22-10-8-21(28)9-11-22)16-31-32-27(35)17-33(23-12-13-25(29)26(30)15-23)38(36,37)24-6-4-3-5-7-24/h3-16H,17H2,1-2H3,(H,32,35)/b31-16+. The number of halogens is 3. The van der Waals surface area contributed by atoms with Crippen LogP contribution >= 0.6 is 34.8 Å². The summed E-state index contributed by atoms with van der Waals surface area (Å²) in [5, 5.41) is 5.13. The molecule has 0 spiro atoms. The van der Waals surface area contributed by atoms with Crippen LogP contribution in [0.3, 0.4) is 0 Å². The van der Waals surface area contributed by atoms with E-state index in [1.54, 1.807) is 18.2 Å². The van der Waals surface area contributed by atoms with Gasteiger partial charge in [-0.05, 0) is 74.5 Å². The minimum Gasteiger partial charge on any atom is -0.318 e. The van der Waals surface area contributed by atoms with Crippen molar-refractivity contribution in [3.05, 3.63) is 111 Å². The Morgan fingerprint density at radius 2 is 1.63 bits per heavy atom. The van der Waals surface area contributed by atoms with Crippen molar-refractivity contribution in [2.45, 2.75) is 18.7 Å². The summed E-state index contributed by atoms with van der Waals surface area (Å²) >= 11 is 18.2. The van der Waals surface area contributed by atoms with E-state index in [2.05, 4.69) is 10.5 Å². The molecule has 4 rings (SSSR count). The smallest absolute Gasteiger partial charge is 0.264 e. The van der Waals surface area contributed by atoms with E-state index in [9.17, 15) is 13.2 Å². The maximum absolute atomic E-state index is 13.4. The molecule has 0 unspecified atom stereocenters. The summed E-state index contributed by atoms with van der Waals surface area (Å²) in [5.41, 5.74) is 6.22. The van der Waals surface area contributed by atoms with Crippen molar-refractivity contribution in [1.29, 1.82) is 0 Å². The fraction of sp³-hybridized carbons (Fsp3) is 0.111. The molecule has 0 saturated heterocycles. The van der Waals surface area contributed by atoms with Crippen LogP contribution in [0.1, 0.15) is 17.0 Å². The van der Waals surface area contributed by atoms with Gasteiger partial charge in [-0.1, -0.05) is 53.0 Å². The number of hydrogen-bond donors (Lipinski definition) is 1. The largest absolute Gasteiger partial charge is 0.318 e. The van der Waals surface area contributed by atoms with Crippen LogP contribution in [0.4, 0.5) is 5.69 Å². The van der Waals surface area contributed by atoms with E-state index in [1.165, 1.54) is 36.5 Å². The number of hydrazone groups is 1. The first-order chi connectivity index (χ1) is 18.1. The van der Waals surface area contributed by atoms with Gasteiger partial charge in [0.1, 0.15) is 6.54 Å². The van der Waals surface area contributed by atoms with Gasteiger partial charge in [-0.2, -0.15) is 5.10 Å². The first kappa shape index (κ1) is 27.7. The zero-order chi connectivity index (χ0) is 27.4. The van der Waals surface area contributed by atoms with Gasteiger partial charge in [-0.3, -0.25) is 9.10 Å². The number of sulfonamides is 1. The second kappa shape index (κ2) is 11.6. The van der Waals surface area contributed by atoms with Crippen LogP contribution in [0.2, 0.25) is 15.1 Å². The highest BCUT2D eigenvalue weighted by Crippen LogP contribution is 2.30. The van der Waals surface area contributed by atoms with E-state index >= 15 is 0 Å². The Labute approximate surface area is 236 Å². The third kappa shape index (κ3) is 6.05. The van der Waals surface area contributed by atoms with Crippen LogP contribution < -0.4 is 9.73 Å². The topological polar surface area (TPSA) is 83.8 Å². The van der Waals surface area contributed by atoms with Crippen molar-refractivity contribution in [2.75, 3.05) is 10.8 Å². The predicted octanol–water partition coefficient (Wildman–Crippen LogP) is 6.40. The maximum atomic E-state index is 13.4. The lowest BCUT2D eigenvalue weighted by Crippen LogP contribution is -2.39. The van der Waals surface area contributed by atoms with Crippen LogP contribution in [0.5, 0.6) is 0 Å². The minimum absolute atomic E-state index is 0.0250. The molecule has 38 heavy (non-hydrogen) atoms. The fourth-order valence-electron chi connectivity index (χ4n) is 3.92. The van der Waals surface area contributed by atoms with Gasteiger partial charge in [0.15, 0.2) is 0 Å². The van der Waals surface area contributed by atoms with Gasteiger partial charge < -0.3 is 4.57 Å². The summed E-state index contributed by atoms with van der Waals surface area (Å²) in [6.45, 7) is 3.36. The Kier molecular flexibility index (Phi) is 8.47. The van der Waals surface area contributed by atoms with E-state index in [4.69, 9.17) is 34.8 Å². The second-order valence-corrected chi connectivity index (χ2v) is 11.5. The predicted molar refractivity (Wildman–Crippen MR) is 153 cm³/mol. The molecule has 3 aromatic carbocycles. The molecule has 1 amide bonds. The van der Waals surface area contributed by atoms with Gasteiger partial charge in [0.2, 0.25) is 0 Å². The molecule has 0 radical (unpaired) electrons. The maximum Gasteiger partial charge on any atom is 0.264 e. The number of nitrogens with one attached hydrogen (secondary N) is 1. The number of nitrogens with zero attached hydrogens (tertiary/aromatic N) is 3. The molecule has 0 aliphatic rings.